The summed E-state index contributed by atoms with van der Waals surface area (Å²) in [4.78, 5) is 18.7. The van der Waals surface area contributed by atoms with E-state index in [0.717, 1.165) is 43.6 Å². The highest BCUT2D eigenvalue weighted by atomic mass is 16.2. The number of piperazine rings is 1. The molecule has 2 heterocycles. The van der Waals surface area contributed by atoms with E-state index in [4.69, 9.17) is 0 Å². The van der Waals surface area contributed by atoms with Crippen molar-refractivity contribution in [1.82, 2.24) is 15.2 Å². The fourth-order valence-corrected chi connectivity index (χ4v) is 3.09. The molecule has 120 valence electrons. The molecule has 1 aromatic carbocycles. The molecule has 4 heteroatoms. The molecule has 4 nitrogen and oxygen atoms in total. The van der Waals surface area contributed by atoms with Crippen LogP contribution in [0.15, 0.2) is 48.8 Å². The standard InChI is InChI=1S/C19H23N3O/c1-2-10-22-11-9-21-18(19(22)23)13-15-5-3-6-16(12-15)17-7-4-8-20-14-17/h3-8,12,14,18,21H,2,9-11,13H2,1H3/t18-/m1/s1. The third-order valence-corrected chi connectivity index (χ3v) is 4.24. The lowest BCUT2D eigenvalue weighted by atomic mass is 9.99. The van der Waals surface area contributed by atoms with Crippen molar-refractivity contribution in [2.75, 3.05) is 19.6 Å². The maximum atomic E-state index is 12.5. The number of amides is 1. The molecule has 1 aromatic heterocycles. The van der Waals surface area contributed by atoms with Crippen molar-refractivity contribution in [3.05, 3.63) is 54.4 Å². The van der Waals surface area contributed by atoms with Crippen molar-refractivity contribution >= 4 is 5.91 Å². The third kappa shape index (κ3) is 3.77. The average Bonchev–Trinajstić information content (AvgIpc) is 2.60. The van der Waals surface area contributed by atoms with Gasteiger partial charge >= 0.3 is 0 Å². The molecule has 0 saturated carbocycles. The molecule has 0 unspecified atom stereocenters. The van der Waals surface area contributed by atoms with E-state index in [1.807, 2.05) is 17.2 Å². The number of carbonyl (C=O) groups is 1. The molecule has 2 aromatic rings. The molecule has 1 amide bonds. The lowest BCUT2D eigenvalue weighted by molar-refractivity contribution is -0.135. The Morgan fingerprint density at radius 1 is 1.26 bits per heavy atom. The highest BCUT2D eigenvalue weighted by molar-refractivity contribution is 5.83. The van der Waals surface area contributed by atoms with Crippen LogP contribution in [0.1, 0.15) is 18.9 Å². The Kier molecular flexibility index (Phi) is 5.03. The maximum absolute atomic E-state index is 12.5. The van der Waals surface area contributed by atoms with Crippen LogP contribution in [0, 0.1) is 0 Å². The summed E-state index contributed by atoms with van der Waals surface area (Å²) < 4.78 is 0. The van der Waals surface area contributed by atoms with Gasteiger partial charge in [0.25, 0.3) is 0 Å². The summed E-state index contributed by atoms with van der Waals surface area (Å²) in [5.74, 6) is 0.227. The van der Waals surface area contributed by atoms with Gasteiger partial charge in [-0.1, -0.05) is 37.3 Å². The van der Waals surface area contributed by atoms with E-state index in [0.29, 0.717) is 0 Å². The molecule has 0 radical (unpaired) electrons. The van der Waals surface area contributed by atoms with Crippen molar-refractivity contribution < 1.29 is 4.79 Å². The van der Waals surface area contributed by atoms with Crippen LogP contribution in [0.3, 0.4) is 0 Å². The van der Waals surface area contributed by atoms with Gasteiger partial charge in [-0.05, 0) is 35.6 Å². The van der Waals surface area contributed by atoms with Gasteiger partial charge in [-0.25, -0.2) is 0 Å². The average molecular weight is 309 g/mol. The number of aromatic nitrogens is 1. The van der Waals surface area contributed by atoms with E-state index in [1.165, 1.54) is 5.56 Å². The summed E-state index contributed by atoms with van der Waals surface area (Å²) in [6, 6.07) is 12.3. The van der Waals surface area contributed by atoms with Crippen LogP contribution in [0.25, 0.3) is 11.1 Å². The minimum atomic E-state index is -0.112. The zero-order valence-corrected chi connectivity index (χ0v) is 13.5. The highest BCUT2D eigenvalue weighted by Gasteiger charge is 2.27. The first kappa shape index (κ1) is 15.7. The Bertz CT molecular complexity index is 655. The van der Waals surface area contributed by atoms with Crippen LogP contribution in [0.4, 0.5) is 0 Å². The summed E-state index contributed by atoms with van der Waals surface area (Å²) in [5.41, 5.74) is 3.42. The number of rotatable bonds is 5. The zero-order chi connectivity index (χ0) is 16.1. The maximum Gasteiger partial charge on any atom is 0.240 e. The van der Waals surface area contributed by atoms with Gasteiger partial charge in [0.15, 0.2) is 0 Å². The molecule has 1 aliphatic rings. The van der Waals surface area contributed by atoms with Gasteiger partial charge in [-0.3, -0.25) is 9.78 Å². The van der Waals surface area contributed by atoms with Crippen molar-refractivity contribution in [2.45, 2.75) is 25.8 Å². The molecule has 1 saturated heterocycles. The minimum Gasteiger partial charge on any atom is -0.340 e. The molecule has 23 heavy (non-hydrogen) atoms. The van der Waals surface area contributed by atoms with E-state index >= 15 is 0 Å². The zero-order valence-electron chi connectivity index (χ0n) is 13.5. The van der Waals surface area contributed by atoms with Gasteiger partial charge in [-0.2, -0.15) is 0 Å². The Balaban J connectivity index is 1.74. The molecule has 3 rings (SSSR count). The second kappa shape index (κ2) is 7.38. The number of nitrogens with one attached hydrogen (secondary N) is 1. The van der Waals surface area contributed by atoms with E-state index < -0.39 is 0 Å². The van der Waals surface area contributed by atoms with Crippen LogP contribution < -0.4 is 5.32 Å². The van der Waals surface area contributed by atoms with Gasteiger partial charge in [-0.15, -0.1) is 0 Å². The lowest BCUT2D eigenvalue weighted by Gasteiger charge is -2.33. The fourth-order valence-electron chi connectivity index (χ4n) is 3.09. The topological polar surface area (TPSA) is 45.2 Å². The number of nitrogens with zero attached hydrogens (tertiary/aromatic N) is 2. The molecule has 1 aliphatic heterocycles. The van der Waals surface area contributed by atoms with Gasteiger partial charge in [0.1, 0.15) is 0 Å². The summed E-state index contributed by atoms with van der Waals surface area (Å²) in [6.07, 6.45) is 5.38. The number of carbonyl (C=O) groups excluding carboxylic acids is 1. The first-order valence-electron chi connectivity index (χ1n) is 8.29. The van der Waals surface area contributed by atoms with E-state index in [9.17, 15) is 4.79 Å². The van der Waals surface area contributed by atoms with Crippen LogP contribution in [-0.4, -0.2) is 41.5 Å². The van der Waals surface area contributed by atoms with Crippen LogP contribution in [-0.2, 0) is 11.2 Å². The molecule has 1 fully saturated rings. The summed E-state index contributed by atoms with van der Waals surface area (Å²) in [5, 5.41) is 3.36. The molecule has 0 spiro atoms. The number of hydrogen-bond donors (Lipinski definition) is 1. The number of benzene rings is 1. The van der Waals surface area contributed by atoms with E-state index in [-0.39, 0.29) is 11.9 Å². The summed E-state index contributed by atoms with van der Waals surface area (Å²) in [6.45, 7) is 4.66. The second-order valence-corrected chi connectivity index (χ2v) is 5.98. The molecule has 1 atom stereocenters. The Labute approximate surface area is 137 Å². The third-order valence-electron chi connectivity index (χ3n) is 4.24. The summed E-state index contributed by atoms with van der Waals surface area (Å²) in [7, 11) is 0. The minimum absolute atomic E-state index is 0.112. The van der Waals surface area contributed by atoms with Gasteiger partial charge in [0.05, 0.1) is 6.04 Å². The first-order valence-corrected chi connectivity index (χ1v) is 8.29. The van der Waals surface area contributed by atoms with Crippen LogP contribution >= 0.6 is 0 Å². The predicted octanol–water partition coefficient (Wildman–Crippen LogP) is 2.50. The SMILES string of the molecule is CCCN1CCN[C@H](Cc2cccc(-c3cccnc3)c2)C1=O. The Morgan fingerprint density at radius 2 is 2.13 bits per heavy atom. The molecule has 1 N–H and O–H groups in total. The fraction of sp³-hybridized carbons (Fsp3) is 0.368. The quantitative estimate of drug-likeness (QED) is 0.923. The van der Waals surface area contributed by atoms with Crippen molar-refractivity contribution in [2.24, 2.45) is 0 Å². The Hall–Kier alpha value is -2.20. The molecular formula is C19H23N3O. The monoisotopic (exact) mass is 309 g/mol. The van der Waals surface area contributed by atoms with Gasteiger partial charge in [0, 0.05) is 32.0 Å². The van der Waals surface area contributed by atoms with Crippen LogP contribution in [0.5, 0.6) is 0 Å². The number of hydrogen-bond acceptors (Lipinski definition) is 3. The highest BCUT2D eigenvalue weighted by Crippen LogP contribution is 2.20. The molecular weight excluding hydrogens is 286 g/mol. The van der Waals surface area contributed by atoms with Crippen molar-refractivity contribution in [1.29, 1.82) is 0 Å². The van der Waals surface area contributed by atoms with Gasteiger partial charge in [0.2, 0.25) is 5.91 Å². The Morgan fingerprint density at radius 3 is 2.91 bits per heavy atom. The molecule has 0 bridgehead atoms. The van der Waals surface area contributed by atoms with E-state index in [1.54, 1.807) is 6.20 Å². The normalized spacial score (nSPS) is 18.2. The first-order chi connectivity index (χ1) is 11.3. The van der Waals surface area contributed by atoms with Gasteiger partial charge < -0.3 is 10.2 Å². The van der Waals surface area contributed by atoms with Crippen LogP contribution in [0.2, 0.25) is 0 Å². The van der Waals surface area contributed by atoms with Crippen molar-refractivity contribution in [3.8, 4) is 11.1 Å². The van der Waals surface area contributed by atoms with E-state index in [2.05, 4.69) is 47.6 Å². The second-order valence-electron chi connectivity index (χ2n) is 5.98. The van der Waals surface area contributed by atoms with Crippen molar-refractivity contribution in [3.63, 3.8) is 0 Å². The largest absolute Gasteiger partial charge is 0.340 e. The predicted molar refractivity (Wildman–Crippen MR) is 92.0 cm³/mol. The lowest BCUT2D eigenvalue weighted by Crippen LogP contribution is -2.55. The summed E-state index contributed by atoms with van der Waals surface area (Å²) >= 11 is 0. The molecule has 0 aliphatic carbocycles. The smallest absolute Gasteiger partial charge is 0.240 e. The number of pyridine rings is 1.